The van der Waals surface area contributed by atoms with Crippen molar-refractivity contribution in [3.63, 3.8) is 0 Å². The molecule has 1 aromatic carbocycles. The molecule has 0 aliphatic heterocycles. The molecule has 0 atom stereocenters. The first kappa shape index (κ1) is 18.3. The van der Waals surface area contributed by atoms with Crippen LogP contribution in [-0.4, -0.2) is 24.1 Å². The van der Waals surface area contributed by atoms with Crippen molar-refractivity contribution in [2.24, 2.45) is 0 Å². The largest absolute Gasteiger partial charge is 0.308 e. The van der Waals surface area contributed by atoms with Crippen LogP contribution in [0.2, 0.25) is 0 Å². The third kappa shape index (κ3) is 3.11. The van der Waals surface area contributed by atoms with Crippen molar-refractivity contribution in [1.82, 2.24) is 24.1 Å². The lowest BCUT2D eigenvalue weighted by molar-refractivity contribution is 0.498. The minimum atomic E-state index is 0.0313. The molecule has 1 saturated carbocycles. The van der Waals surface area contributed by atoms with E-state index in [9.17, 15) is 4.79 Å². The maximum absolute atomic E-state index is 13.5. The van der Waals surface area contributed by atoms with Crippen molar-refractivity contribution >= 4 is 33.2 Å². The molecule has 0 spiro atoms. The summed E-state index contributed by atoms with van der Waals surface area (Å²) in [5, 5.41) is 0.628. The molecule has 4 aromatic rings. The average molecular weight is 390 g/mol. The molecule has 1 aliphatic carbocycles. The zero-order valence-corrected chi connectivity index (χ0v) is 17.0. The molecule has 29 heavy (non-hydrogen) atoms. The number of hydrogen-bond acceptors (Lipinski definition) is 4. The van der Waals surface area contributed by atoms with Crippen LogP contribution in [0, 0.1) is 0 Å². The molecule has 1 aliphatic rings. The highest BCUT2D eigenvalue weighted by molar-refractivity contribution is 6.04. The third-order valence-electron chi connectivity index (χ3n) is 6.23. The van der Waals surface area contributed by atoms with Crippen LogP contribution >= 0.6 is 0 Å². The van der Waals surface area contributed by atoms with Crippen molar-refractivity contribution in [1.29, 1.82) is 0 Å². The molecule has 150 valence electrons. The highest BCUT2D eigenvalue weighted by Crippen LogP contribution is 2.30. The van der Waals surface area contributed by atoms with Gasteiger partial charge >= 0.3 is 0 Å². The Kier molecular flexibility index (Phi) is 4.78. The van der Waals surface area contributed by atoms with E-state index in [0.717, 1.165) is 54.6 Å². The standard InChI is InChI=1S/C23H27N5O/c1-2-3-4-9-14-27-21-19(23(29)28(15-24-21)16-10-5-6-11-16)20-22(27)26-18-13-8-7-12-17(18)25-20/h7-8,12-13,15-16H,2-6,9-11,14H2,1H3. The highest BCUT2D eigenvalue weighted by atomic mass is 16.1. The number of nitrogens with zero attached hydrogens (tertiary/aromatic N) is 5. The van der Waals surface area contributed by atoms with Gasteiger partial charge in [0.05, 0.1) is 11.0 Å². The maximum Gasteiger partial charge on any atom is 0.265 e. The fraction of sp³-hybridized carbons (Fsp3) is 0.478. The normalized spacial score (nSPS) is 15.2. The number of aryl methyl sites for hydroxylation is 1. The SMILES string of the molecule is CCCCCCn1c2nc3ccccc3nc2c2c(=O)n(C3CCCC3)cnc21. The summed E-state index contributed by atoms with van der Waals surface area (Å²) < 4.78 is 3.95. The molecule has 1 fully saturated rings. The zero-order chi connectivity index (χ0) is 19.8. The number of hydrogen-bond donors (Lipinski definition) is 0. The fourth-order valence-electron chi connectivity index (χ4n) is 4.67. The summed E-state index contributed by atoms with van der Waals surface area (Å²) in [7, 11) is 0. The molecule has 0 N–H and O–H groups in total. The van der Waals surface area contributed by atoms with Gasteiger partial charge in [0.15, 0.2) is 11.3 Å². The number of fused-ring (bicyclic) bond motifs is 4. The van der Waals surface area contributed by atoms with Crippen molar-refractivity contribution < 1.29 is 0 Å². The molecule has 5 rings (SSSR count). The number of aromatic nitrogens is 5. The second-order valence-electron chi connectivity index (χ2n) is 8.19. The Hall–Kier alpha value is -2.76. The van der Waals surface area contributed by atoms with E-state index in [4.69, 9.17) is 15.0 Å². The Balaban J connectivity index is 1.74. The van der Waals surface area contributed by atoms with Crippen LogP contribution in [0.4, 0.5) is 0 Å². The molecule has 3 heterocycles. The number of rotatable bonds is 6. The lowest BCUT2D eigenvalue weighted by atomic mass is 10.2. The number of benzene rings is 1. The van der Waals surface area contributed by atoms with E-state index in [0.29, 0.717) is 10.9 Å². The fourth-order valence-corrected chi connectivity index (χ4v) is 4.67. The van der Waals surface area contributed by atoms with E-state index in [2.05, 4.69) is 11.5 Å². The number of unbranched alkanes of at least 4 members (excludes halogenated alkanes) is 3. The third-order valence-corrected chi connectivity index (χ3v) is 6.23. The molecular formula is C23H27N5O. The van der Waals surface area contributed by atoms with Crippen LogP contribution in [0.15, 0.2) is 35.4 Å². The minimum Gasteiger partial charge on any atom is -0.308 e. The lowest BCUT2D eigenvalue weighted by Gasteiger charge is -2.12. The van der Waals surface area contributed by atoms with Crippen LogP contribution in [0.25, 0.3) is 33.2 Å². The first-order valence-corrected chi connectivity index (χ1v) is 10.9. The van der Waals surface area contributed by atoms with Gasteiger partial charge in [0.25, 0.3) is 5.56 Å². The molecule has 0 amide bonds. The van der Waals surface area contributed by atoms with Gasteiger partial charge in [-0.05, 0) is 31.4 Å². The Morgan fingerprint density at radius 1 is 1.00 bits per heavy atom. The van der Waals surface area contributed by atoms with Gasteiger partial charge in [-0.25, -0.2) is 15.0 Å². The molecule has 0 unspecified atom stereocenters. The number of para-hydroxylation sites is 2. The van der Waals surface area contributed by atoms with Crippen LogP contribution < -0.4 is 5.56 Å². The van der Waals surface area contributed by atoms with Gasteiger partial charge in [0.2, 0.25) is 0 Å². The predicted molar refractivity (Wildman–Crippen MR) is 116 cm³/mol. The van der Waals surface area contributed by atoms with E-state index in [1.807, 2.05) is 28.8 Å². The molecule has 0 saturated heterocycles. The topological polar surface area (TPSA) is 65.6 Å². The molecule has 0 bridgehead atoms. The van der Waals surface area contributed by atoms with Crippen molar-refractivity contribution in [3.05, 3.63) is 40.9 Å². The highest BCUT2D eigenvalue weighted by Gasteiger charge is 2.23. The maximum atomic E-state index is 13.5. The predicted octanol–water partition coefficient (Wildman–Crippen LogP) is 4.99. The summed E-state index contributed by atoms with van der Waals surface area (Å²) in [5.41, 5.74) is 3.91. The Bertz CT molecular complexity index is 1230. The van der Waals surface area contributed by atoms with E-state index < -0.39 is 0 Å². The first-order chi connectivity index (χ1) is 14.3. The lowest BCUT2D eigenvalue weighted by Crippen LogP contribution is -2.24. The van der Waals surface area contributed by atoms with Crippen LogP contribution in [0.3, 0.4) is 0 Å². The van der Waals surface area contributed by atoms with Crippen LogP contribution in [-0.2, 0) is 6.54 Å². The van der Waals surface area contributed by atoms with Gasteiger partial charge in [-0.3, -0.25) is 9.36 Å². The Labute approximate surface area is 169 Å². The second kappa shape index (κ2) is 7.58. The van der Waals surface area contributed by atoms with Crippen molar-refractivity contribution in [3.8, 4) is 0 Å². The van der Waals surface area contributed by atoms with Gasteiger partial charge in [-0.15, -0.1) is 0 Å². The summed E-state index contributed by atoms with van der Waals surface area (Å²) in [6.07, 6.45) is 10.8. The van der Waals surface area contributed by atoms with Crippen LogP contribution in [0.5, 0.6) is 0 Å². The Morgan fingerprint density at radius 2 is 1.76 bits per heavy atom. The van der Waals surface area contributed by atoms with E-state index in [1.165, 1.54) is 25.7 Å². The molecule has 3 aromatic heterocycles. The molecule has 0 radical (unpaired) electrons. The van der Waals surface area contributed by atoms with E-state index in [-0.39, 0.29) is 11.6 Å². The van der Waals surface area contributed by atoms with Crippen molar-refractivity contribution in [2.75, 3.05) is 0 Å². The quantitative estimate of drug-likeness (QED) is 0.436. The molecular weight excluding hydrogens is 362 g/mol. The summed E-state index contributed by atoms with van der Waals surface area (Å²) in [5.74, 6) is 0. The van der Waals surface area contributed by atoms with Crippen LogP contribution in [0.1, 0.15) is 64.3 Å². The Morgan fingerprint density at radius 3 is 2.52 bits per heavy atom. The molecule has 6 heteroatoms. The van der Waals surface area contributed by atoms with Crippen molar-refractivity contribution in [2.45, 2.75) is 70.9 Å². The second-order valence-corrected chi connectivity index (χ2v) is 8.19. The van der Waals surface area contributed by atoms with Gasteiger partial charge in [0.1, 0.15) is 17.2 Å². The average Bonchev–Trinajstić information content (AvgIpc) is 3.37. The minimum absolute atomic E-state index is 0.0313. The zero-order valence-electron chi connectivity index (χ0n) is 17.0. The van der Waals surface area contributed by atoms with Gasteiger partial charge in [-0.1, -0.05) is 51.2 Å². The van der Waals surface area contributed by atoms with E-state index >= 15 is 0 Å². The smallest absolute Gasteiger partial charge is 0.265 e. The van der Waals surface area contributed by atoms with Gasteiger partial charge < -0.3 is 4.57 Å². The monoisotopic (exact) mass is 389 g/mol. The van der Waals surface area contributed by atoms with Gasteiger partial charge in [-0.2, -0.15) is 0 Å². The first-order valence-electron chi connectivity index (χ1n) is 10.9. The summed E-state index contributed by atoms with van der Waals surface area (Å²) >= 11 is 0. The summed E-state index contributed by atoms with van der Waals surface area (Å²) in [6.45, 7) is 3.03. The van der Waals surface area contributed by atoms with Gasteiger partial charge in [0, 0.05) is 12.6 Å². The van der Waals surface area contributed by atoms with E-state index in [1.54, 1.807) is 6.33 Å². The summed E-state index contributed by atoms with van der Waals surface area (Å²) in [6, 6.07) is 8.13. The molecule has 6 nitrogen and oxygen atoms in total. The summed E-state index contributed by atoms with van der Waals surface area (Å²) in [4.78, 5) is 28.0.